The van der Waals surface area contributed by atoms with Gasteiger partial charge < -0.3 is 13.7 Å². The predicted molar refractivity (Wildman–Crippen MR) is 612 cm³/mol. The molecule has 0 radical (unpaired) electrons. The second-order valence-electron chi connectivity index (χ2n) is 37.3. The number of rotatable bonds is 14. The van der Waals surface area contributed by atoms with Crippen molar-refractivity contribution >= 4 is 220 Å². The van der Waals surface area contributed by atoms with Gasteiger partial charge in [0, 0.05) is 47.7 Å². The molecule has 142 heavy (non-hydrogen) atoms. The molecule has 0 aliphatic carbocycles. The fourth-order valence-corrected chi connectivity index (χ4v) is 31.1. The maximum absolute atomic E-state index is 16.1. The van der Waals surface area contributed by atoms with E-state index in [-0.39, 0.29) is 0 Å². The largest absolute Gasteiger partial charge is 0.309 e. The zero-order chi connectivity index (χ0) is 94.6. The molecule has 0 unspecified atom stereocenters. The highest BCUT2D eigenvalue weighted by Crippen LogP contribution is 2.53. The standard InChI is InChI=1S/C52H35OP.C46H31OP.C38H23OP/c53-54(44-19-3-1-4-20-44,45-21-5-2-6-22-45)46-23-13-18-40(34-46)41-30-31-49-50(35-41)52(43-29-27-37-15-8-10-17-39(37)33-43)48-25-12-11-24-47(48)51(49)42-28-26-36-14-7-9-16-38(36)32-42;47-48(38-16-2-1-3-17-38,39-26-22-32(23-27-39)45-41-18-8-4-12-34(41)30-35-13-5-9-19-42(35)45)40-28-24-33(25-29-40)46-43-20-10-6-14-36(43)31-37-15-7-11-21-44(37)46;39-40(30-10-2-1-3-11-30,33-22-18-28-14-12-24-6-4-8-26-16-20-31(33)37(28)35(24)26)34-23-19-29-15-13-25-7-5-9-27-17-21-32(34)38(29)36(25)27/h1-35H;1-31H;1-23H. The molecule has 0 N–H and O–H groups in total. The van der Waals surface area contributed by atoms with Crippen molar-refractivity contribution in [3.8, 4) is 55.6 Å². The van der Waals surface area contributed by atoms with Crippen molar-refractivity contribution in [1.29, 1.82) is 0 Å². The molecule has 3 nitrogen and oxygen atoms in total. The highest BCUT2D eigenvalue weighted by atomic mass is 31.2. The lowest BCUT2D eigenvalue weighted by molar-refractivity contribution is 0.591. The van der Waals surface area contributed by atoms with Crippen LogP contribution in [0.15, 0.2) is 540 Å². The van der Waals surface area contributed by atoms with Crippen LogP contribution in [0.2, 0.25) is 0 Å². The van der Waals surface area contributed by atoms with Gasteiger partial charge in [0.05, 0.1) is 0 Å². The second kappa shape index (κ2) is 35.2. The lowest BCUT2D eigenvalue weighted by atomic mass is 9.84. The monoisotopic (exact) mass is 1860 g/mol. The summed E-state index contributed by atoms with van der Waals surface area (Å²) < 4.78 is 47.1. The summed E-state index contributed by atoms with van der Waals surface area (Å²) in [5.74, 6) is 0. The van der Waals surface area contributed by atoms with E-state index in [1.54, 1.807) is 0 Å². The average Bonchev–Trinajstić information content (AvgIpc) is 0.699. The van der Waals surface area contributed by atoms with E-state index in [0.717, 1.165) is 80.8 Å². The molecule has 6 heteroatoms. The molecule has 0 fully saturated rings. The third-order valence-corrected chi connectivity index (χ3v) is 38.7. The molecule has 0 saturated carbocycles. The van der Waals surface area contributed by atoms with Crippen LogP contribution >= 0.6 is 21.4 Å². The van der Waals surface area contributed by atoms with Crippen LogP contribution in [0.1, 0.15) is 0 Å². The van der Waals surface area contributed by atoms with Gasteiger partial charge in [-0.2, -0.15) is 0 Å². The molecule has 0 amide bonds. The van der Waals surface area contributed by atoms with Crippen molar-refractivity contribution in [2.45, 2.75) is 0 Å². The number of hydrogen-bond donors (Lipinski definition) is 0. The Hall–Kier alpha value is -17.0. The molecular weight excluding hydrogens is 1770 g/mol. The van der Waals surface area contributed by atoms with Gasteiger partial charge in [-0.05, 0) is 255 Å². The normalized spacial score (nSPS) is 12.0. The van der Waals surface area contributed by atoms with Gasteiger partial charge in [0.15, 0.2) is 21.4 Å². The van der Waals surface area contributed by atoms with E-state index in [9.17, 15) is 0 Å². The molecule has 28 aromatic rings. The van der Waals surface area contributed by atoms with Gasteiger partial charge in [-0.25, -0.2) is 0 Å². The van der Waals surface area contributed by atoms with E-state index in [0.29, 0.717) is 0 Å². The van der Waals surface area contributed by atoms with Crippen LogP contribution < -0.4 is 47.7 Å². The van der Waals surface area contributed by atoms with Crippen LogP contribution in [0.4, 0.5) is 0 Å². The summed E-state index contributed by atoms with van der Waals surface area (Å²) in [5, 5.41) is 41.3. The molecule has 0 bridgehead atoms. The topological polar surface area (TPSA) is 51.2 Å². The Kier molecular flexibility index (Phi) is 21.2. The molecule has 666 valence electrons. The lowest BCUT2D eigenvalue weighted by Gasteiger charge is -2.25. The fourth-order valence-electron chi connectivity index (χ4n) is 22.7. The maximum Gasteiger partial charge on any atom is 0.172 e. The third kappa shape index (κ3) is 14.4. The lowest BCUT2D eigenvalue weighted by Crippen LogP contribution is -2.26. The maximum atomic E-state index is 16.1. The molecule has 0 spiro atoms. The van der Waals surface area contributed by atoms with Crippen LogP contribution in [0.25, 0.3) is 206 Å². The highest BCUT2D eigenvalue weighted by Gasteiger charge is 2.37. The molecule has 0 aromatic heterocycles. The van der Waals surface area contributed by atoms with Gasteiger partial charge in [-0.15, -0.1) is 0 Å². The molecular formula is C136H89O3P3. The Morgan fingerprint density at radius 3 is 0.761 bits per heavy atom. The van der Waals surface area contributed by atoms with Gasteiger partial charge in [0.25, 0.3) is 0 Å². The average molecular weight is 1860 g/mol. The van der Waals surface area contributed by atoms with Crippen molar-refractivity contribution in [2.24, 2.45) is 0 Å². The number of hydrogen-bond acceptors (Lipinski definition) is 3. The molecule has 28 aromatic carbocycles. The van der Waals surface area contributed by atoms with E-state index >= 15 is 13.7 Å². The van der Waals surface area contributed by atoms with Crippen molar-refractivity contribution in [3.05, 3.63) is 540 Å². The molecule has 0 saturated heterocycles. The molecule has 0 atom stereocenters. The van der Waals surface area contributed by atoms with Crippen molar-refractivity contribution in [1.82, 2.24) is 0 Å². The minimum atomic E-state index is -3.29. The first-order chi connectivity index (χ1) is 70.0. The summed E-state index contributed by atoms with van der Waals surface area (Å²) in [6, 6.07) is 189. The van der Waals surface area contributed by atoms with Gasteiger partial charge in [0.2, 0.25) is 0 Å². The van der Waals surface area contributed by atoms with Crippen molar-refractivity contribution in [2.75, 3.05) is 0 Å². The van der Waals surface area contributed by atoms with E-state index in [2.05, 4.69) is 413 Å². The minimum Gasteiger partial charge on any atom is -0.309 e. The predicted octanol–water partition coefficient (Wildman–Crippen LogP) is 33.3. The Labute approximate surface area is 823 Å². The van der Waals surface area contributed by atoms with Crippen LogP contribution in [0.5, 0.6) is 0 Å². The first kappa shape index (κ1) is 85.4. The highest BCUT2D eigenvalue weighted by molar-refractivity contribution is 7.86. The van der Waals surface area contributed by atoms with Crippen LogP contribution in [-0.4, -0.2) is 0 Å². The smallest absolute Gasteiger partial charge is 0.172 e. The van der Waals surface area contributed by atoms with E-state index in [1.807, 2.05) is 127 Å². The Morgan fingerprint density at radius 2 is 0.359 bits per heavy atom. The zero-order valence-corrected chi connectivity index (χ0v) is 80.1. The summed E-state index contributed by atoms with van der Waals surface area (Å²) >= 11 is 0. The summed E-state index contributed by atoms with van der Waals surface area (Å²) in [6.07, 6.45) is 0. The Bertz CT molecular complexity index is 9520. The van der Waals surface area contributed by atoms with Gasteiger partial charge in [0.1, 0.15) is 0 Å². The number of fused-ring (bicyclic) bond motifs is 8. The fraction of sp³-hybridized carbons (Fsp3) is 0. The SMILES string of the molecule is O=P(c1ccccc1)(c1ccc(-c2c3ccccc3cc3ccccc23)cc1)c1ccc(-c2c3ccccc3cc3ccccc23)cc1.O=P(c1ccccc1)(c1ccc2ccc3cccc4ccc1c2c34)c1ccc2ccc3cccc4ccc1c2c34.O=P(c1ccccc1)(c1ccccc1)c1cccc(-c2ccc3c(-c4ccc5ccccc5c4)c4ccccc4c(-c4ccc5ccccc5c4)c3c2)c1. The summed E-state index contributed by atoms with van der Waals surface area (Å²) in [6.45, 7) is 0. The van der Waals surface area contributed by atoms with Gasteiger partial charge >= 0.3 is 0 Å². The first-order valence-electron chi connectivity index (χ1n) is 48.5. The summed E-state index contributed by atoms with van der Waals surface area (Å²) in [5.41, 5.74) is 11.6. The van der Waals surface area contributed by atoms with Crippen molar-refractivity contribution in [3.63, 3.8) is 0 Å². The Balaban J connectivity index is 0.000000110. The van der Waals surface area contributed by atoms with Crippen LogP contribution in [-0.2, 0) is 13.7 Å². The second-order valence-corrected chi connectivity index (χ2v) is 45.5. The molecule has 28 rings (SSSR count). The first-order valence-corrected chi connectivity index (χ1v) is 53.6. The quantitative estimate of drug-likeness (QED) is 0.0619. The Morgan fingerprint density at radius 1 is 0.113 bits per heavy atom. The van der Waals surface area contributed by atoms with Gasteiger partial charge in [-0.1, -0.05) is 491 Å². The number of benzene rings is 28. The molecule has 0 aliphatic heterocycles. The molecule has 0 aliphatic rings. The van der Waals surface area contributed by atoms with E-state index in [1.165, 1.54) is 173 Å². The third-order valence-electron chi connectivity index (χ3n) is 29.4. The van der Waals surface area contributed by atoms with Crippen molar-refractivity contribution < 1.29 is 13.7 Å². The van der Waals surface area contributed by atoms with Crippen LogP contribution in [0.3, 0.4) is 0 Å². The zero-order valence-electron chi connectivity index (χ0n) is 77.5. The van der Waals surface area contributed by atoms with E-state index in [4.69, 9.17) is 0 Å². The summed E-state index contributed by atoms with van der Waals surface area (Å²) in [7, 11) is -9.64. The van der Waals surface area contributed by atoms with E-state index < -0.39 is 21.4 Å². The van der Waals surface area contributed by atoms with Gasteiger partial charge in [-0.3, -0.25) is 0 Å². The minimum absolute atomic E-state index is 0.822. The summed E-state index contributed by atoms with van der Waals surface area (Å²) in [4.78, 5) is 0. The van der Waals surface area contributed by atoms with Crippen LogP contribution in [0, 0.1) is 0 Å². The molecule has 0 heterocycles.